The molecular weight excluding hydrogens is 350 g/mol. The van der Waals surface area contributed by atoms with E-state index in [4.69, 9.17) is 9.47 Å². The standard InChI is InChI=1S/C24H25NO3/c1-3-20(28-22-17-11-10-16-21(22)27-2)24(26)25-23(18-12-6-4-7-13-18)19-14-8-5-9-15-19/h4-17,20,23H,3H2,1-2H3,(H,25,26)/t20-/m1/s1. The van der Waals surface area contributed by atoms with Crippen LogP contribution in [0.1, 0.15) is 30.5 Å². The lowest BCUT2D eigenvalue weighted by Gasteiger charge is -2.24. The highest BCUT2D eigenvalue weighted by Gasteiger charge is 2.24. The first kappa shape index (κ1) is 19.5. The second kappa shape index (κ2) is 9.60. The van der Waals surface area contributed by atoms with Crippen LogP contribution in [-0.4, -0.2) is 19.1 Å². The topological polar surface area (TPSA) is 47.6 Å². The number of rotatable bonds is 8. The third-order valence-electron chi connectivity index (χ3n) is 4.55. The van der Waals surface area contributed by atoms with E-state index in [1.807, 2.05) is 85.8 Å². The maximum absolute atomic E-state index is 13.1. The summed E-state index contributed by atoms with van der Waals surface area (Å²) in [6, 6.07) is 27.0. The average Bonchev–Trinajstić information content (AvgIpc) is 2.77. The summed E-state index contributed by atoms with van der Waals surface area (Å²) in [6.07, 6.45) is -0.0774. The monoisotopic (exact) mass is 375 g/mol. The summed E-state index contributed by atoms with van der Waals surface area (Å²) in [5, 5.41) is 3.15. The van der Waals surface area contributed by atoms with Crippen LogP contribution in [0, 0.1) is 0 Å². The van der Waals surface area contributed by atoms with Crippen molar-refractivity contribution >= 4 is 5.91 Å². The molecule has 144 valence electrons. The van der Waals surface area contributed by atoms with E-state index in [1.54, 1.807) is 13.2 Å². The first-order valence-electron chi connectivity index (χ1n) is 9.43. The highest BCUT2D eigenvalue weighted by atomic mass is 16.5. The van der Waals surface area contributed by atoms with Gasteiger partial charge in [0.1, 0.15) is 0 Å². The van der Waals surface area contributed by atoms with Crippen molar-refractivity contribution < 1.29 is 14.3 Å². The fourth-order valence-corrected chi connectivity index (χ4v) is 3.08. The largest absolute Gasteiger partial charge is 0.493 e. The Kier molecular flexibility index (Phi) is 6.68. The van der Waals surface area contributed by atoms with E-state index >= 15 is 0 Å². The summed E-state index contributed by atoms with van der Waals surface area (Å²) in [7, 11) is 1.59. The maximum Gasteiger partial charge on any atom is 0.261 e. The molecule has 0 saturated heterocycles. The van der Waals surface area contributed by atoms with E-state index in [0.29, 0.717) is 17.9 Å². The number of hydrogen-bond donors (Lipinski definition) is 1. The van der Waals surface area contributed by atoms with E-state index in [1.165, 1.54) is 0 Å². The van der Waals surface area contributed by atoms with Gasteiger partial charge in [-0.15, -0.1) is 0 Å². The van der Waals surface area contributed by atoms with Crippen LogP contribution >= 0.6 is 0 Å². The minimum Gasteiger partial charge on any atom is -0.493 e. The molecule has 0 aliphatic heterocycles. The number of carbonyl (C=O) groups is 1. The smallest absolute Gasteiger partial charge is 0.261 e. The maximum atomic E-state index is 13.1. The lowest BCUT2D eigenvalue weighted by molar-refractivity contribution is -0.128. The summed E-state index contributed by atoms with van der Waals surface area (Å²) in [4.78, 5) is 13.1. The minimum atomic E-state index is -0.619. The van der Waals surface area contributed by atoms with Crippen molar-refractivity contribution in [3.05, 3.63) is 96.1 Å². The molecule has 3 aromatic rings. The highest BCUT2D eigenvalue weighted by Crippen LogP contribution is 2.28. The van der Waals surface area contributed by atoms with Gasteiger partial charge in [0, 0.05) is 0 Å². The summed E-state index contributed by atoms with van der Waals surface area (Å²) >= 11 is 0. The summed E-state index contributed by atoms with van der Waals surface area (Å²) in [6.45, 7) is 1.93. The Balaban J connectivity index is 1.82. The normalized spacial score (nSPS) is 11.7. The van der Waals surface area contributed by atoms with Gasteiger partial charge in [0.25, 0.3) is 5.91 Å². The van der Waals surface area contributed by atoms with Gasteiger partial charge < -0.3 is 14.8 Å². The predicted molar refractivity (Wildman–Crippen MR) is 111 cm³/mol. The zero-order valence-electron chi connectivity index (χ0n) is 16.2. The fraction of sp³-hybridized carbons (Fsp3) is 0.208. The predicted octanol–water partition coefficient (Wildman–Crippen LogP) is 4.76. The fourth-order valence-electron chi connectivity index (χ4n) is 3.08. The van der Waals surface area contributed by atoms with Crippen LogP contribution in [0.15, 0.2) is 84.9 Å². The number of carbonyl (C=O) groups excluding carboxylic acids is 1. The molecule has 0 fully saturated rings. The zero-order valence-corrected chi connectivity index (χ0v) is 16.2. The molecule has 4 heteroatoms. The molecule has 1 amide bonds. The number of benzene rings is 3. The Bertz CT molecular complexity index is 841. The molecule has 0 heterocycles. The van der Waals surface area contributed by atoms with Gasteiger partial charge in [-0.25, -0.2) is 0 Å². The Morgan fingerprint density at radius 2 is 1.32 bits per heavy atom. The first-order chi connectivity index (χ1) is 13.7. The first-order valence-corrected chi connectivity index (χ1v) is 9.43. The molecule has 0 spiro atoms. The lowest BCUT2D eigenvalue weighted by atomic mass is 9.98. The number of ether oxygens (including phenoxy) is 2. The molecule has 0 bridgehead atoms. The minimum absolute atomic E-state index is 0.161. The van der Waals surface area contributed by atoms with Gasteiger partial charge in [0.15, 0.2) is 17.6 Å². The Hall–Kier alpha value is -3.27. The van der Waals surface area contributed by atoms with Gasteiger partial charge in [-0.1, -0.05) is 79.7 Å². The third-order valence-corrected chi connectivity index (χ3v) is 4.55. The Morgan fingerprint density at radius 1 is 0.821 bits per heavy atom. The third kappa shape index (κ3) is 4.71. The molecule has 28 heavy (non-hydrogen) atoms. The average molecular weight is 375 g/mol. The molecule has 3 rings (SSSR count). The van der Waals surface area contributed by atoms with Crippen LogP contribution in [0.4, 0.5) is 0 Å². The van der Waals surface area contributed by atoms with Crippen molar-refractivity contribution in [1.82, 2.24) is 5.32 Å². The molecule has 3 aromatic carbocycles. The van der Waals surface area contributed by atoms with Crippen molar-refractivity contribution in [2.45, 2.75) is 25.5 Å². The highest BCUT2D eigenvalue weighted by molar-refractivity contribution is 5.82. The number of methoxy groups -OCH3 is 1. The molecule has 1 N–H and O–H groups in total. The Labute approximate surface area is 166 Å². The van der Waals surface area contributed by atoms with Gasteiger partial charge in [0.05, 0.1) is 13.2 Å². The van der Waals surface area contributed by atoms with Gasteiger partial charge in [-0.3, -0.25) is 4.79 Å². The van der Waals surface area contributed by atoms with Crippen molar-refractivity contribution in [3.8, 4) is 11.5 Å². The van der Waals surface area contributed by atoms with E-state index < -0.39 is 6.10 Å². The van der Waals surface area contributed by atoms with Crippen molar-refractivity contribution in [3.63, 3.8) is 0 Å². The number of nitrogens with one attached hydrogen (secondary N) is 1. The van der Waals surface area contributed by atoms with Crippen LogP contribution in [0.3, 0.4) is 0 Å². The lowest BCUT2D eigenvalue weighted by Crippen LogP contribution is -2.40. The number of amides is 1. The van der Waals surface area contributed by atoms with E-state index in [9.17, 15) is 4.79 Å². The molecule has 0 unspecified atom stereocenters. The molecule has 0 aromatic heterocycles. The summed E-state index contributed by atoms with van der Waals surface area (Å²) < 4.78 is 11.3. The summed E-state index contributed by atoms with van der Waals surface area (Å²) in [5.74, 6) is 1.01. The van der Waals surface area contributed by atoms with Crippen LogP contribution in [-0.2, 0) is 4.79 Å². The van der Waals surface area contributed by atoms with Crippen LogP contribution < -0.4 is 14.8 Å². The van der Waals surface area contributed by atoms with Gasteiger partial charge in [0.2, 0.25) is 0 Å². The molecule has 0 saturated carbocycles. The van der Waals surface area contributed by atoms with Crippen LogP contribution in [0.25, 0.3) is 0 Å². The zero-order chi connectivity index (χ0) is 19.8. The van der Waals surface area contributed by atoms with E-state index in [-0.39, 0.29) is 11.9 Å². The van der Waals surface area contributed by atoms with Gasteiger partial charge >= 0.3 is 0 Å². The van der Waals surface area contributed by atoms with Crippen molar-refractivity contribution in [2.24, 2.45) is 0 Å². The van der Waals surface area contributed by atoms with Crippen LogP contribution in [0.2, 0.25) is 0 Å². The Morgan fingerprint density at radius 3 is 1.82 bits per heavy atom. The van der Waals surface area contributed by atoms with Gasteiger partial charge in [-0.2, -0.15) is 0 Å². The van der Waals surface area contributed by atoms with Crippen LogP contribution in [0.5, 0.6) is 11.5 Å². The molecule has 0 aliphatic rings. The van der Waals surface area contributed by atoms with E-state index in [0.717, 1.165) is 11.1 Å². The molecule has 0 aliphatic carbocycles. The molecule has 0 radical (unpaired) electrons. The molecule has 4 nitrogen and oxygen atoms in total. The second-order valence-electron chi connectivity index (χ2n) is 6.43. The molecular formula is C24H25NO3. The van der Waals surface area contributed by atoms with Gasteiger partial charge in [-0.05, 0) is 29.7 Å². The second-order valence-corrected chi connectivity index (χ2v) is 6.43. The van der Waals surface area contributed by atoms with Crippen molar-refractivity contribution in [1.29, 1.82) is 0 Å². The number of hydrogen-bond acceptors (Lipinski definition) is 3. The van der Waals surface area contributed by atoms with E-state index in [2.05, 4.69) is 5.32 Å². The summed E-state index contributed by atoms with van der Waals surface area (Å²) in [5.41, 5.74) is 2.04. The van der Waals surface area contributed by atoms with Crippen molar-refractivity contribution in [2.75, 3.05) is 7.11 Å². The number of para-hydroxylation sites is 2. The quantitative estimate of drug-likeness (QED) is 0.618. The molecule has 1 atom stereocenters. The SMILES string of the molecule is CC[C@@H](Oc1ccccc1OC)C(=O)NC(c1ccccc1)c1ccccc1.